The van der Waals surface area contributed by atoms with E-state index in [-0.39, 0.29) is 35.1 Å². The van der Waals surface area contributed by atoms with Crippen molar-refractivity contribution in [1.29, 1.82) is 0 Å². The molecular formula is C28H37ClN6O3. The van der Waals surface area contributed by atoms with Crippen LogP contribution in [0.4, 0.5) is 0 Å². The molecule has 4 rings (SSSR count). The van der Waals surface area contributed by atoms with Crippen LogP contribution in [0.2, 0.25) is 5.02 Å². The second kappa shape index (κ2) is 11.7. The average Bonchev–Trinajstić information content (AvgIpc) is 3.29. The van der Waals surface area contributed by atoms with Crippen LogP contribution in [0.25, 0.3) is 17.1 Å². The van der Waals surface area contributed by atoms with Gasteiger partial charge in [-0.3, -0.25) is 14.3 Å². The third kappa shape index (κ3) is 5.95. The van der Waals surface area contributed by atoms with Gasteiger partial charge in [-0.1, -0.05) is 38.4 Å². The fourth-order valence-corrected chi connectivity index (χ4v) is 5.04. The Bertz CT molecular complexity index is 1300. The van der Waals surface area contributed by atoms with Crippen molar-refractivity contribution in [2.24, 2.45) is 0 Å². The van der Waals surface area contributed by atoms with Crippen LogP contribution in [0.3, 0.4) is 0 Å². The number of rotatable bonds is 8. The minimum Gasteiger partial charge on any atom is -0.508 e. The molecule has 3 aromatic rings. The summed E-state index contributed by atoms with van der Waals surface area (Å²) in [6, 6.07) is 8.63. The van der Waals surface area contributed by atoms with E-state index in [9.17, 15) is 15.0 Å². The lowest BCUT2D eigenvalue weighted by atomic mass is 9.98. The monoisotopic (exact) mass is 540 g/mol. The third-order valence-corrected chi connectivity index (χ3v) is 7.17. The maximum absolute atomic E-state index is 13.1. The zero-order chi connectivity index (χ0) is 27.6. The third-order valence-electron chi connectivity index (χ3n) is 6.87. The van der Waals surface area contributed by atoms with E-state index >= 15 is 0 Å². The fraction of sp³-hybridized carbons (Fsp3) is 0.464. The first-order valence-corrected chi connectivity index (χ1v) is 13.5. The number of aromatic nitrogens is 3. The van der Waals surface area contributed by atoms with Crippen molar-refractivity contribution in [3.63, 3.8) is 0 Å². The summed E-state index contributed by atoms with van der Waals surface area (Å²) in [5, 5.41) is 32.9. The first-order chi connectivity index (χ1) is 18.1. The minimum absolute atomic E-state index is 0.00324. The van der Waals surface area contributed by atoms with Crippen LogP contribution in [0.15, 0.2) is 30.3 Å². The number of nitrogens with one attached hydrogen (secondary N) is 1. The van der Waals surface area contributed by atoms with E-state index in [2.05, 4.69) is 32.2 Å². The highest BCUT2D eigenvalue weighted by atomic mass is 35.5. The smallest absolute Gasteiger partial charge is 0.289 e. The molecule has 1 aromatic heterocycles. The second-order valence-electron chi connectivity index (χ2n) is 10.4. The van der Waals surface area contributed by atoms with Crippen LogP contribution in [0.1, 0.15) is 62.3 Å². The minimum atomic E-state index is -0.407. The van der Waals surface area contributed by atoms with E-state index in [0.29, 0.717) is 21.8 Å². The zero-order valence-electron chi connectivity index (χ0n) is 22.7. The summed E-state index contributed by atoms with van der Waals surface area (Å²) in [6.07, 6.45) is 0. The van der Waals surface area contributed by atoms with Gasteiger partial charge in [0.15, 0.2) is 5.82 Å². The van der Waals surface area contributed by atoms with Crippen molar-refractivity contribution in [1.82, 2.24) is 29.9 Å². The fourth-order valence-electron chi connectivity index (χ4n) is 4.75. The molecule has 1 amide bonds. The highest BCUT2D eigenvalue weighted by molar-refractivity contribution is 6.32. The average molecular weight is 541 g/mol. The number of carbonyl (C=O) groups excluding carboxylic acids is 1. The molecule has 0 atom stereocenters. The van der Waals surface area contributed by atoms with Crippen molar-refractivity contribution < 1.29 is 15.0 Å². The van der Waals surface area contributed by atoms with Crippen LogP contribution < -0.4 is 5.32 Å². The van der Waals surface area contributed by atoms with Crippen LogP contribution in [-0.4, -0.2) is 79.5 Å². The van der Waals surface area contributed by atoms with Gasteiger partial charge in [0.1, 0.15) is 11.5 Å². The molecule has 1 aliphatic heterocycles. The molecule has 0 bridgehead atoms. The molecule has 1 fully saturated rings. The lowest BCUT2D eigenvalue weighted by molar-refractivity contribution is 0.0930. The maximum Gasteiger partial charge on any atom is 0.289 e. The number of carbonyl (C=O) groups is 1. The molecule has 0 radical (unpaired) electrons. The highest BCUT2D eigenvalue weighted by Crippen LogP contribution is 2.39. The summed E-state index contributed by atoms with van der Waals surface area (Å²) in [6.45, 7) is 15.8. The molecule has 38 heavy (non-hydrogen) atoms. The molecule has 0 aliphatic carbocycles. The molecule has 10 heteroatoms. The molecule has 0 saturated carbocycles. The van der Waals surface area contributed by atoms with Gasteiger partial charge >= 0.3 is 0 Å². The summed E-state index contributed by atoms with van der Waals surface area (Å²) in [5.41, 5.74) is 2.58. The molecule has 204 valence electrons. The predicted octanol–water partition coefficient (Wildman–Crippen LogP) is 4.40. The molecule has 1 aliphatic rings. The van der Waals surface area contributed by atoms with Gasteiger partial charge in [0, 0.05) is 44.8 Å². The first-order valence-electron chi connectivity index (χ1n) is 13.1. The van der Waals surface area contributed by atoms with Gasteiger partial charge in [-0.15, -0.1) is 10.2 Å². The Morgan fingerprint density at radius 2 is 1.68 bits per heavy atom. The van der Waals surface area contributed by atoms with Gasteiger partial charge in [-0.2, -0.15) is 0 Å². The van der Waals surface area contributed by atoms with Crippen molar-refractivity contribution in [2.45, 2.75) is 53.1 Å². The van der Waals surface area contributed by atoms with E-state index in [1.807, 2.05) is 45.9 Å². The number of amides is 1. The molecule has 9 nitrogen and oxygen atoms in total. The topological polar surface area (TPSA) is 107 Å². The number of halogens is 1. The Morgan fingerprint density at radius 1 is 1.00 bits per heavy atom. The number of phenolic OH excluding ortho intramolecular Hbond substituents is 2. The number of piperazine rings is 1. The Labute approximate surface area is 229 Å². The summed E-state index contributed by atoms with van der Waals surface area (Å²) in [7, 11) is 0. The van der Waals surface area contributed by atoms with E-state index in [4.69, 9.17) is 11.6 Å². The Morgan fingerprint density at radius 3 is 2.29 bits per heavy atom. The largest absolute Gasteiger partial charge is 0.508 e. The lowest BCUT2D eigenvalue weighted by Crippen LogP contribution is -2.45. The van der Waals surface area contributed by atoms with Crippen LogP contribution >= 0.6 is 11.6 Å². The Kier molecular flexibility index (Phi) is 8.60. The first kappa shape index (κ1) is 27.9. The number of benzene rings is 2. The summed E-state index contributed by atoms with van der Waals surface area (Å²) in [4.78, 5) is 18.0. The number of phenols is 2. The van der Waals surface area contributed by atoms with Crippen LogP contribution in [0.5, 0.6) is 11.5 Å². The molecule has 0 spiro atoms. The Hall–Kier alpha value is -3.14. The van der Waals surface area contributed by atoms with Gasteiger partial charge in [0.05, 0.1) is 16.3 Å². The van der Waals surface area contributed by atoms with Crippen molar-refractivity contribution in [3.05, 3.63) is 52.3 Å². The number of hydrogen-bond acceptors (Lipinski definition) is 7. The number of aromatic hydroxyl groups is 2. The van der Waals surface area contributed by atoms with Gasteiger partial charge in [0.25, 0.3) is 5.91 Å². The zero-order valence-corrected chi connectivity index (χ0v) is 23.5. The van der Waals surface area contributed by atoms with E-state index in [1.54, 1.807) is 10.6 Å². The Balaban J connectivity index is 1.76. The quantitative estimate of drug-likeness (QED) is 0.389. The molecule has 3 N–H and O–H groups in total. The van der Waals surface area contributed by atoms with E-state index in [1.165, 1.54) is 6.07 Å². The molecule has 2 heterocycles. The van der Waals surface area contributed by atoms with Gasteiger partial charge in [0.2, 0.25) is 5.82 Å². The van der Waals surface area contributed by atoms with Gasteiger partial charge in [-0.25, -0.2) is 0 Å². The standard InChI is InChI=1S/C28H37ClN6O3/c1-6-33-9-11-34(12-10-33)16-19-7-8-23(22(29)13-19)35-26(31-32-27(35)28(38)30-18(4)5)21-14-20(17(2)3)24(36)15-25(21)37/h7-8,13-15,17-18,36-37H,6,9-12,16H2,1-5H3,(H,30,38). The van der Waals surface area contributed by atoms with Gasteiger partial charge < -0.3 is 20.4 Å². The van der Waals surface area contributed by atoms with E-state index < -0.39 is 5.91 Å². The molecule has 1 saturated heterocycles. The number of hydrogen-bond donors (Lipinski definition) is 3. The SMILES string of the molecule is CCN1CCN(Cc2ccc(-n3c(C(=O)NC(C)C)nnc3-c3cc(C(C)C)c(O)cc3O)c(Cl)c2)CC1. The van der Waals surface area contributed by atoms with Crippen molar-refractivity contribution in [2.75, 3.05) is 32.7 Å². The van der Waals surface area contributed by atoms with Crippen LogP contribution in [-0.2, 0) is 6.54 Å². The normalized spacial score (nSPS) is 14.9. The van der Waals surface area contributed by atoms with Gasteiger partial charge in [-0.05, 0) is 55.6 Å². The maximum atomic E-state index is 13.1. The highest BCUT2D eigenvalue weighted by Gasteiger charge is 2.26. The lowest BCUT2D eigenvalue weighted by Gasteiger charge is -2.34. The second-order valence-corrected chi connectivity index (χ2v) is 10.8. The number of likely N-dealkylation sites (N-methyl/N-ethyl adjacent to an activating group) is 1. The van der Waals surface area contributed by atoms with Crippen molar-refractivity contribution in [3.8, 4) is 28.6 Å². The van der Waals surface area contributed by atoms with Crippen molar-refractivity contribution >= 4 is 17.5 Å². The number of nitrogens with zero attached hydrogens (tertiary/aromatic N) is 5. The summed E-state index contributed by atoms with van der Waals surface area (Å²) < 4.78 is 1.57. The predicted molar refractivity (Wildman–Crippen MR) is 149 cm³/mol. The molecular weight excluding hydrogens is 504 g/mol. The molecule has 0 unspecified atom stereocenters. The van der Waals surface area contributed by atoms with Crippen LogP contribution in [0, 0.1) is 0 Å². The molecule has 2 aromatic carbocycles. The summed E-state index contributed by atoms with van der Waals surface area (Å²) in [5.74, 6) is -0.282. The summed E-state index contributed by atoms with van der Waals surface area (Å²) >= 11 is 6.84. The van der Waals surface area contributed by atoms with E-state index in [0.717, 1.165) is 44.8 Å².